The molecule has 0 spiro atoms. The molecule has 0 atom stereocenters. The van der Waals surface area contributed by atoms with Crippen molar-refractivity contribution in [3.05, 3.63) is 47.5 Å². The molecule has 2 rings (SSSR count). The smallest absolute Gasteiger partial charge is 0.251 e. The van der Waals surface area contributed by atoms with Gasteiger partial charge < -0.3 is 10.2 Å². The summed E-state index contributed by atoms with van der Waals surface area (Å²) in [5.41, 5.74) is 1.54. The van der Waals surface area contributed by atoms with E-state index in [0.717, 1.165) is 5.56 Å². The topological polar surface area (TPSA) is 91.0 Å². The Kier molecular flexibility index (Phi) is 4.65. The van der Waals surface area contributed by atoms with Crippen LogP contribution in [0.25, 0.3) is 0 Å². The van der Waals surface area contributed by atoms with Gasteiger partial charge in [-0.25, -0.2) is 4.98 Å². The van der Waals surface area contributed by atoms with Gasteiger partial charge >= 0.3 is 0 Å². The third kappa shape index (κ3) is 4.13. The average molecular weight is 287 g/mol. The second kappa shape index (κ2) is 6.65. The Bertz CT molecular complexity index is 624. The van der Waals surface area contributed by atoms with Gasteiger partial charge in [-0.05, 0) is 19.1 Å². The van der Waals surface area contributed by atoms with Crippen LogP contribution in [0.2, 0.25) is 0 Å². The molecule has 7 heteroatoms. The molecular weight excluding hydrogens is 270 g/mol. The van der Waals surface area contributed by atoms with Gasteiger partial charge in [-0.15, -0.1) is 0 Å². The van der Waals surface area contributed by atoms with Crippen molar-refractivity contribution in [1.82, 2.24) is 25.4 Å². The molecule has 2 aromatic rings. The van der Waals surface area contributed by atoms with Crippen molar-refractivity contribution in [2.75, 3.05) is 13.6 Å². The first-order valence-electron chi connectivity index (χ1n) is 6.49. The Morgan fingerprint density at radius 2 is 2.19 bits per heavy atom. The summed E-state index contributed by atoms with van der Waals surface area (Å²) in [5.74, 6) is 0.128. The first-order chi connectivity index (χ1) is 10.1. The number of aryl methyl sites for hydroxylation is 1. The third-order valence-electron chi connectivity index (χ3n) is 2.96. The number of amides is 2. The number of rotatable bonds is 5. The number of H-pyrrole nitrogens is 1. The number of likely N-dealkylation sites (N-methyl/N-ethyl adjacent to an activating group) is 1. The van der Waals surface area contributed by atoms with Crippen molar-refractivity contribution in [1.29, 1.82) is 0 Å². The predicted molar refractivity (Wildman–Crippen MR) is 76.4 cm³/mol. The van der Waals surface area contributed by atoms with Crippen LogP contribution in [0.3, 0.4) is 0 Å². The number of nitrogens with zero attached hydrogens (tertiary/aromatic N) is 3. The summed E-state index contributed by atoms with van der Waals surface area (Å²) in [6, 6.07) is 7.21. The Morgan fingerprint density at radius 3 is 2.86 bits per heavy atom. The molecule has 1 aromatic carbocycles. The highest BCUT2D eigenvalue weighted by atomic mass is 16.2. The maximum atomic E-state index is 11.9. The van der Waals surface area contributed by atoms with E-state index in [2.05, 4.69) is 20.5 Å². The number of carbonyl (C=O) groups is 2. The van der Waals surface area contributed by atoms with Gasteiger partial charge in [-0.3, -0.25) is 14.7 Å². The van der Waals surface area contributed by atoms with E-state index in [1.165, 1.54) is 11.2 Å². The maximum Gasteiger partial charge on any atom is 0.251 e. The zero-order valence-corrected chi connectivity index (χ0v) is 12.0. The van der Waals surface area contributed by atoms with E-state index in [1.807, 2.05) is 19.1 Å². The van der Waals surface area contributed by atoms with Crippen LogP contribution in [-0.4, -0.2) is 45.5 Å². The van der Waals surface area contributed by atoms with Crippen molar-refractivity contribution >= 4 is 11.8 Å². The molecule has 0 saturated carbocycles. The summed E-state index contributed by atoms with van der Waals surface area (Å²) in [4.78, 5) is 29.3. The minimum atomic E-state index is -0.264. The summed E-state index contributed by atoms with van der Waals surface area (Å²) >= 11 is 0. The van der Waals surface area contributed by atoms with Crippen molar-refractivity contribution in [2.45, 2.75) is 13.5 Å². The minimum Gasteiger partial charge on any atom is -0.343 e. The van der Waals surface area contributed by atoms with E-state index in [0.29, 0.717) is 17.9 Å². The van der Waals surface area contributed by atoms with Gasteiger partial charge in [0, 0.05) is 12.6 Å². The molecule has 0 aliphatic heterocycles. The lowest BCUT2D eigenvalue weighted by molar-refractivity contribution is -0.129. The summed E-state index contributed by atoms with van der Waals surface area (Å²) in [6.07, 6.45) is 1.38. The minimum absolute atomic E-state index is 0.0581. The largest absolute Gasteiger partial charge is 0.343 e. The monoisotopic (exact) mass is 287 g/mol. The molecule has 21 heavy (non-hydrogen) atoms. The lowest BCUT2D eigenvalue weighted by Gasteiger charge is -2.15. The summed E-state index contributed by atoms with van der Waals surface area (Å²) in [7, 11) is 1.64. The van der Waals surface area contributed by atoms with Gasteiger partial charge in [0.25, 0.3) is 5.91 Å². The molecule has 2 amide bonds. The zero-order chi connectivity index (χ0) is 15.2. The number of benzene rings is 1. The van der Waals surface area contributed by atoms with Gasteiger partial charge in [0.15, 0.2) is 0 Å². The van der Waals surface area contributed by atoms with E-state index in [-0.39, 0.29) is 18.4 Å². The number of nitrogens with one attached hydrogen (secondary N) is 2. The average Bonchev–Trinajstić information content (AvgIpc) is 2.97. The van der Waals surface area contributed by atoms with Crippen LogP contribution in [0, 0.1) is 6.92 Å². The molecule has 1 heterocycles. The first-order valence-corrected chi connectivity index (χ1v) is 6.49. The van der Waals surface area contributed by atoms with E-state index < -0.39 is 0 Å². The molecule has 0 saturated heterocycles. The van der Waals surface area contributed by atoms with Crippen molar-refractivity contribution in [2.24, 2.45) is 0 Å². The quantitative estimate of drug-likeness (QED) is 0.838. The van der Waals surface area contributed by atoms with Gasteiger partial charge in [0.05, 0.1) is 13.1 Å². The third-order valence-corrected chi connectivity index (χ3v) is 2.96. The van der Waals surface area contributed by atoms with Crippen LogP contribution < -0.4 is 5.32 Å². The van der Waals surface area contributed by atoms with E-state index in [4.69, 9.17) is 0 Å². The molecule has 0 unspecified atom stereocenters. The van der Waals surface area contributed by atoms with Gasteiger partial charge in [-0.2, -0.15) is 5.10 Å². The Labute approximate surface area is 122 Å². The van der Waals surface area contributed by atoms with Gasteiger partial charge in [0.2, 0.25) is 5.91 Å². The van der Waals surface area contributed by atoms with Crippen LogP contribution in [0.5, 0.6) is 0 Å². The number of hydrogen-bond acceptors (Lipinski definition) is 4. The van der Waals surface area contributed by atoms with Crippen molar-refractivity contribution < 1.29 is 9.59 Å². The predicted octanol–water partition coefficient (Wildman–Crippen LogP) is 0.502. The van der Waals surface area contributed by atoms with E-state index in [1.54, 1.807) is 19.2 Å². The zero-order valence-electron chi connectivity index (χ0n) is 12.0. The maximum absolute atomic E-state index is 11.9. The summed E-state index contributed by atoms with van der Waals surface area (Å²) in [5, 5.41) is 9.00. The molecule has 0 fully saturated rings. The fourth-order valence-corrected chi connectivity index (χ4v) is 1.80. The van der Waals surface area contributed by atoms with E-state index in [9.17, 15) is 9.59 Å². The first kappa shape index (κ1) is 14.7. The fraction of sp³-hybridized carbons (Fsp3) is 0.286. The molecule has 0 aliphatic rings. The Balaban J connectivity index is 1.84. The lowest BCUT2D eigenvalue weighted by Crippen LogP contribution is -2.38. The lowest BCUT2D eigenvalue weighted by atomic mass is 10.1. The second-order valence-corrected chi connectivity index (χ2v) is 4.73. The molecule has 0 radical (unpaired) electrons. The second-order valence-electron chi connectivity index (χ2n) is 4.73. The molecule has 0 aliphatic carbocycles. The highest BCUT2D eigenvalue weighted by Gasteiger charge is 2.13. The number of carbonyl (C=O) groups excluding carboxylic acids is 2. The molecule has 2 N–H and O–H groups in total. The highest BCUT2D eigenvalue weighted by molar-refractivity contribution is 5.96. The van der Waals surface area contributed by atoms with Crippen LogP contribution >= 0.6 is 0 Å². The molecule has 1 aromatic heterocycles. The highest BCUT2D eigenvalue weighted by Crippen LogP contribution is 2.03. The van der Waals surface area contributed by atoms with Crippen LogP contribution in [0.15, 0.2) is 30.6 Å². The molecule has 110 valence electrons. The Hall–Kier alpha value is -2.70. The molecule has 7 nitrogen and oxygen atoms in total. The standard InChI is InChI=1S/C14H17N5O2/c1-10-4-3-5-11(6-10)14(21)15-7-13(20)19(2)8-12-16-9-17-18-12/h3-6,9H,7-8H2,1-2H3,(H,15,21)(H,16,17,18). The normalized spacial score (nSPS) is 10.2. The van der Waals surface area contributed by atoms with Crippen LogP contribution in [0.4, 0.5) is 0 Å². The van der Waals surface area contributed by atoms with Crippen LogP contribution in [-0.2, 0) is 11.3 Å². The molecular formula is C14H17N5O2. The summed E-state index contributed by atoms with van der Waals surface area (Å²) < 4.78 is 0. The van der Waals surface area contributed by atoms with E-state index >= 15 is 0 Å². The Morgan fingerprint density at radius 1 is 1.38 bits per heavy atom. The number of aromatic nitrogens is 3. The fourth-order valence-electron chi connectivity index (χ4n) is 1.80. The molecule has 0 bridgehead atoms. The number of hydrogen-bond donors (Lipinski definition) is 2. The van der Waals surface area contributed by atoms with Crippen molar-refractivity contribution in [3.63, 3.8) is 0 Å². The van der Waals surface area contributed by atoms with Crippen LogP contribution in [0.1, 0.15) is 21.7 Å². The number of aromatic amines is 1. The van der Waals surface area contributed by atoms with Gasteiger partial charge in [-0.1, -0.05) is 17.7 Å². The SMILES string of the molecule is Cc1cccc(C(=O)NCC(=O)N(C)Cc2ncn[nH]2)c1. The van der Waals surface area contributed by atoms with Gasteiger partial charge in [0.1, 0.15) is 12.2 Å². The summed E-state index contributed by atoms with van der Waals surface area (Å²) in [6.45, 7) is 2.17. The van der Waals surface area contributed by atoms with Crippen molar-refractivity contribution in [3.8, 4) is 0 Å².